The van der Waals surface area contributed by atoms with Crippen LogP contribution >= 0.6 is 0 Å². The van der Waals surface area contributed by atoms with Crippen molar-refractivity contribution in [2.45, 2.75) is 73.1 Å². The molecule has 0 saturated heterocycles. The van der Waals surface area contributed by atoms with E-state index in [4.69, 9.17) is 0 Å². The van der Waals surface area contributed by atoms with Crippen LogP contribution in [0.25, 0.3) is 0 Å². The van der Waals surface area contributed by atoms with Gasteiger partial charge in [-0.3, -0.25) is 0 Å². The van der Waals surface area contributed by atoms with Gasteiger partial charge in [-0.1, -0.05) is 40.5 Å². The first-order valence-electron chi connectivity index (χ1n) is 7.34. The van der Waals surface area contributed by atoms with Crippen LogP contribution in [0.2, 0.25) is 0 Å². The molecule has 1 heteroatoms. The van der Waals surface area contributed by atoms with Gasteiger partial charge < -0.3 is 4.79 Å². The Morgan fingerprint density at radius 2 is 2.06 bits per heavy atom. The van der Waals surface area contributed by atoms with Crippen molar-refractivity contribution in [1.29, 1.82) is 0 Å². The highest BCUT2D eigenvalue weighted by Crippen LogP contribution is 2.49. The Morgan fingerprint density at radius 1 is 1.41 bits per heavy atom. The molecule has 1 rings (SSSR count). The molecular formula is C16H30O. The van der Waals surface area contributed by atoms with E-state index in [1.807, 2.05) is 0 Å². The number of carbonyl (C=O) groups excluding carboxylic acids is 1. The van der Waals surface area contributed by atoms with Crippen LogP contribution in [0, 0.1) is 23.2 Å². The Morgan fingerprint density at radius 3 is 2.59 bits per heavy atom. The van der Waals surface area contributed by atoms with Crippen molar-refractivity contribution < 1.29 is 4.79 Å². The van der Waals surface area contributed by atoms with Gasteiger partial charge in [0.2, 0.25) is 0 Å². The predicted octanol–water partition coefficient (Wildman–Crippen LogP) is 4.84. The third-order valence-electron chi connectivity index (χ3n) is 4.67. The maximum atomic E-state index is 11.2. The van der Waals surface area contributed by atoms with E-state index in [2.05, 4.69) is 27.7 Å². The predicted molar refractivity (Wildman–Crippen MR) is 74.0 cm³/mol. The summed E-state index contributed by atoms with van der Waals surface area (Å²) in [5.41, 5.74) is 0.473. The Hall–Kier alpha value is -0.330. The SMILES string of the molecule is CC(=O)CC[C@@H]1[C@@H](C)CCC[C@@]1(C)CC(C)C. The van der Waals surface area contributed by atoms with E-state index in [0.717, 1.165) is 30.6 Å². The summed E-state index contributed by atoms with van der Waals surface area (Å²) in [6, 6.07) is 0. The summed E-state index contributed by atoms with van der Waals surface area (Å²) in [5.74, 6) is 2.68. The largest absolute Gasteiger partial charge is 0.300 e. The molecule has 0 aromatic rings. The second-order valence-electron chi connectivity index (χ2n) is 6.97. The standard InChI is InChI=1S/C16H30O/c1-12(2)11-16(5)10-6-7-13(3)15(16)9-8-14(4)17/h12-13,15H,6-11H2,1-5H3/t13-,15+,16-/m0/s1. The van der Waals surface area contributed by atoms with Crippen molar-refractivity contribution in [3.8, 4) is 0 Å². The van der Waals surface area contributed by atoms with Gasteiger partial charge in [0, 0.05) is 6.42 Å². The van der Waals surface area contributed by atoms with E-state index in [1.165, 1.54) is 25.7 Å². The summed E-state index contributed by atoms with van der Waals surface area (Å²) >= 11 is 0. The number of hydrogen-bond donors (Lipinski definition) is 0. The van der Waals surface area contributed by atoms with Crippen molar-refractivity contribution in [2.75, 3.05) is 0 Å². The smallest absolute Gasteiger partial charge is 0.129 e. The second-order valence-corrected chi connectivity index (χ2v) is 6.97. The van der Waals surface area contributed by atoms with E-state index in [0.29, 0.717) is 11.2 Å². The molecular weight excluding hydrogens is 208 g/mol. The van der Waals surface area contributed by atoms with Gasteiger partial charge in [-0.15, -0.1) is 0 Å². The molecule has 17 heavy (non-hydrogen) atoms. The number of rotatable bonds is 5. The van der Waals surface area contributed by atoms with Crippen LogP contribution < -0.4 is 0 Å². The maximum absolute atomic E-state index is 11.2. The number of carbonyl (C=O) groups is 1. The van der Waals surface area contributed by atoms with Crippen molar-refractivity contribution in [3.63, 3.8) is 0 Å². The van der Waals surface area contributed by atoms with Gasteiger partial charge >= 0.3 is 0 Å². The zero-order chi connectivity index (χ0) is 13.1. The molecule has 1 nitrogen and oxygen atoms in total. The Balaban J connectivity index is 2.72. The Bertz CT molecular complexity index is 256. The fourth-order valence-corrected chi connectivity index (χ4v) is 4.08. The zero-order valence-electron chi connectivity index (χ0n) is 12.4. The first kappa shape index (κ1) is 14.7. The zero-order valence-corrected chi connectivity index (χ0v) is 12.4. The lowest BCUT2D eigenvalue weighted by atomic mass is 9.59. The van der Waals surface area contributed by atoms with Crippen LogP contribution in [0.4, 0.5) is 0 Å². The number of hydrogen-bond acceptors (Lipinski definition) is 1. The first-order chi connectivity index (χ1) is 7.85. The molecule has 0 heterocycles. The van der Waals surface area contributed by atoms with Gasteiger partial charge in [0.25, 0.3) is 0 Å². The molecule has 3 atom stereocenters. The van der Waals surface area contributed by atoms with Gasteiger partial charge in [0.05, 0.1) is 0 Å². The van der Waals surface area contributed by atoms with Crippen molar-refractivity contribution in [2.24, 2.45) is 23.2 Å². The minimum absolute atomic E-state index is 0.356. The van der Waals surface area contributed by atoms with Crippen LogP contribution in [-0.2, 0) is 4.79 Å². The first-order valence-corrected chi connectivity index (χ1v) is 7.34. The third kappa shape index (κ3) is 4.12. The summed E-state index contributed by atoms with van der Waals surface area (Å²) < 4.78 is 0. The van der Waals surface area contributed by atoms with Crippen molar-refractivity contribution in [3.05, 3.63) is 0 Å². The van der Waals surface area contributed by atoms with Crippen LogP contribution in [0.1, 0.15) is 73.1 Å². The lowest BCUT2D eigenvalue weighted by Gasteiger charge is -2.46. The summed E-state index contributed by atoms with van der Waals surface area (Å²) in [5, 5.41) is 0. The van der Waals surface area contributed by atoms with Gasteiger partial charge in [-0.25, -0.2) is 0 Å². The molecule has 0 aromatic carbocycles. The second kappa shape index (κ2) is 6.02. The van der Waals surface area contributed by atoms with Gasteiger partial charge in [0.1, 0.15) is 5.78 Å². The van der Waals surface area contributed by atoms with Crippen molar-refractivity contribution in [1.82, 2.24) is 0 Å². The molecule has 0 amide bonds. The summed E-state index contributed by atoms with van der Waals surface area (Å²) in [6.07, 6.45) is 7.30. The van der Waals surface area contributed by atoms with E-state index in [9.17, 15) is 4.79 Å². The molecule has 0 aromatic heterocycles. The highest BCUT2D eigenvalue weighted by Gasteiger charge is 2.40. The van der Waals surface area contributed by atoms with Crippen LogP contribution in [-0.4, -0.2) is 5.78 Å². The van der Waals surface area contributed by atoms with Crippen LogP contribution in [0.3, 0.4) is 0 Å². The Kier molecular flexibility index (Phi) is 5.22. The maximum Gasteiger partial charge on any atom is 0.129 e. The quantitative estimate of drug-likeness (QED) is 0.669. The minimum Gasteiger partial charge on any atom is -0.300 e. The third-order valence-corrected chi connectivity index (χ3v) is 4.67. The Labute approximate surface area is 107 Å². The van der Waals surface area contributed by atoms with Gasteiger partial charge in [-0.05, 0) is 49.4 Å². The van der Waals surface area contributed by atoms with Crippen LogP contribution in [0.15, 0.2) is 0 Å². The molecule has 0 bridgehead atoms. The van der Waals surface area contributed by atoms with Crippen LogP contribution in [0.5, 0.6) is 0 Å². The minimum atomic E-state index is 0.356. The molecule has 0 spiro atoms. The van der Waals surface area contributed by atoms with E-state index < -0.39 is 0 Å². The average Bonchev–Trinajstić information content (AvgIpc) is 2.14. The molecule has 100 valence electrons. The summed E-state index contributed by atoms with van der Waals surface area (Å²) in [4.78, 5) is 11.2. The summed E-state index contributed by atoms with van der Waals surface area (Å²) in [6.45, 7) is 11.2. The highest BCUT2D eigenvalue weighted by molar-refractivity contribution is 5.75. The lowest BCUT2D eigenvalue weighted by molar-refractivity contribution is -0.117. The van der Waals surface area contributed by atoms with E-state index in [1.54, 1.807) is 6.92 Å². The lowest BCUT2D eigenvalue weighted by Crippen LogP contribution is -2.37. The average molecular weight is 238 g/mol. The molecule has 1 aliphatic rings. The van der Waals surface area contributed by atoms with E-state index in [-0.39, 0.29) is 0 Å². The molecule has 0 aliphatic heterocycles. The fraction of sp³-hybridized carbons (Fsp3) is 0.938. The van der Waals surface area contributed by atoms with Gasteiger partial charge in [0.15, 0.2) is 0 Å². The number of Topliss-reactive ketones (excluding diaryl/α,β-unsaturated/α-hetero) is 1. The van der Waals surface area contributed by atoms with Crippen molar-refractivity contribution >= 4 is 5.78 Å². The molecule has 0 N–H and O–H groups in total. The highest BCUT2D eigenvalue weighted by atomic mass is 16.1. The number of ketones is 1. The molecule has 1 aliphatic carbocycles. The monoisotopic (exact) mass is 238 g/mol. The van der Waals surface area contributed by atoms with E-state index >= 15 is 0 Å². The molecule has 0 radical (unpaired) electrons. The normalized spacial score (nSPS) is 34.0. The fourth-order valence-electron chi connectivity index (χ4n) is 4.08. The summed E-state index contributed by atoms with van der Waals surface area (Å²) in [7, 11) is 0. The molecule has 0 unspecified atom stereocenters. The molecule has 1 saturated carbocycles. The molecule has 1 fully saturated rings. The van der Waals surface area contributed by atoms with Gasteiger partial charge in [-0.2, -0.15) is 0 Å². The topological polar surface area (TPSA) is 17.1 Å².